The molecule has 0 atom stereocenters. The minimum Gasteiger partial charge on any atom is -0.494 e. The first-order valence-corrected chi connectivity index (χ1v) is 6.48. The van der Waals surface area contributed by atoms with Crippen molar-refractivity contribution in [2.45, 2.75) is 19.9 Å². The van der Waals surface area contributed by atoms with Gasteiger partial charge < -0.3 is 14.8 Å². The fraction of sp³-hybridized carbons (Fsp3) is 0.467. The van der Waals surface area contributed by atoms with Crippen LogP contribution in [0.25, 0.3) is 0 Å². The molecule has 1 N–H and O–H groups in total. The van der Waals surface area contributed by atoms with E-state index in [1.165, 1.54) is 5.56 Å². The molecule has 3 nitrogen and oxygen atoms in total. The van der Waals surface area contributed by atoms with Crippen LogP contribution in [0.5, 0.6) is 5.75 Å². The van der Waals surface area contributed by atoms with Crippen LogP contribution in [-0.2, 0) is 11.3 Å². The fourth-order valence-corrected chi connectivity index (χ4v) is 1.52. The average molecular weight is 249 g/mol. The van der Waals surface area contributed by atoms with Crippen LogP contribution in [0, 0.1) is 0 Å². The Bertz CT molecular complexity index is 322. The lowest BCUT2D eigenvalue weighted by atomic mass is 10.2. The van der Waals surface area contributed by atoms with Gasteiger partial charge in [0.1, 0.15) is 5.75 Å². The predicted molar refractivity (Wildman–Crippen MR) is 75.0 cm³/mol. The smallest absolute Gasteiger partial charge is 0.119 e. The minimum atomic E-state index is 0.708. The molecule has 0 aromatic heterocycles. The van der Waals surface area contributed by atoms with E-state index in [0.29, 0.717) is 6.61 Å². The summed E-state index contributed by atoms with van der Waals surface area (Å²) in [5, 5.41) is 3.34. The van der Waals surface area contributed by atoms with Gasteiger partial charge in [-0.25, -0.2) is 0 Å². The van der Waals surface area contributed by atoms with Gasteiger partial charge in [0, 0.05) is 13.1 Å². The van der Waals surface area contributed by atoms with Gasteiger partial charge >= 0.3 is 0 Å². The molecule has 1 rings (SSSR count). The second-order valence-corrected chi connectivity index (χ2v) is 3.94. The molecule has 1 aromatic rings. The molecule has 0 spiro atoms. The van der Waals surface area contributed by atoms with Crippen molar-refractivity contribution in [2.24, 2.45) is 0 Å². The number of hydrogen-bond donors (Lipinski definition) is 1. The molecule has 0 aliphatic rings. The van der Waals surface area contributed by atoms with E-state index >= 15 is 0 Å². The highest BCUT2D eigenvalue weighted by atomic mass is 16.5. The number of hydrogen-bond acceptors (Lipinski definition) is 3. The molecule has 0 aliphatic carbocycles. The van der Waals surface area contributed by atoms with Crippen molar-refractivity contribution >= 4 is 0 Å². The van der Waals surface area contributed by atoms with Gasteiger partial charge in [-0.1, -0.05) is 18.2 Å². The number of nitrogens with one attached hydrogen (secondary N) is 1. The van der Waals surface area contributed by atoms with Crippen LogP contribution in [0.2, 0.25) is 0 Å². The van der Waals surface area contributed by atoms with Gasteiger partial charge in [-0.15, -0.1) is 6.58 Å². The fourth-order valence-electron chi connectivity index (χ4n) is 1.52. The van der Waals surface area contributed by atoms with Crippen LogP contribution in [0.3, 0.4) is 0 Å². The van der Waals surface area contributed by atoms with Gasteiger partial charge in [0.05, 0.1) is 19.8 Å². The van der Waals surface area contributed by atoms with Crippen LogP contribution in [0.15, 0.2) is 36.9 Å². The predicted octanol–water partition coefficient (Wildman–Crippen LogP) is 2.77. The summed E-state index contributed by atoms with van der Waals surface area (Å²) in [7, 11) is 0. The van der Waals surface area contributed by atoms with Crippen LogP contribution in [0.1, 0.15) is 18.9 Å². The number of benzene rings is 1. The first-order chi connectivity index (χ1) is 8.86. The summed E-state index contributed by atoms with van der Waals surface area (Å²) < 4.78 is 10.8. The molecule has 0 bridgehead atoms. The van der Waals surface area contributed by atoms with Crippen molar-refractivity contribution in [3.05, 3.63) is 42.5 Å². The molecule has 0 saturated heterocycles. The summed E-state index contributed by atoms with van der Waals surface area (Å²) in [6.45, 7) is 9.57. The Labute approximate surface area is 110 Å². The maximum absolute atomic E-state index is 5.41. The third-order valence-corrected chi connectivity index (χ3v) is 2.45. The van der Waals surface area contributed by atoms with Crippen LogP contribution < -0.4 is 10.1 Å². The summed E-state index contributed by atoms with van der Waals surface area (Å²) in [6, 6.07) is 8.16. The zero-order valence-electron chi connectivity index (χ0n) is 11.2. The number of rotatable bonds is 10. The van der Waals surface area contributed by atoms with Gasteiger partial charge in [-0.05, 0) is 31.0 Å². The zero-order chi connectivity index (χ0) is 13.1. The molecule has 0 fully saturated rings. The summed E-state index contributed by atoms with van der Waals surface area (Å²) >= 11 is 0. The monoisotopic (exact) mass is 249 g/mol. The van der Waals surface area contributed by atoms with Gasteiger partial charge in [-0.2, -0.15) is 0 Å². The molecule has 100 valence electrons. The van der Waals surface area contributed by atoms with Gasteiger partial charge in [0.25, 0.3) is 0 Å². The van der Waals surface area contributed by atoms with Crippen LogP contribution in [-0.4, -0.2) is 26.4 Å². The van der Waals surface area contributed by atoms with E-state index in [2.05, 4.69) is 24.0 Å². The first kappa shape index (κ1) is 14.7. The lowest BCUT2D eigenvalue weighted by Crippen LogP contribution is -2.19. The quantitative estimate of drug-likeness (QED) is 0.511. The average Bonchev–Trinajstić information content (AvgIpc) is 2.40. The maximum atomic E-state index is 5.41. The molecule has 0 radical (unpaired) electrons. The van der Waals surface area contributed by atoms with Crippen molar-refractivity contribution in [2.75, 3.05) is 26.4 Å². The van der Waals surface area contributed by atoms with E-state index in [-0.39, 0.29) is 0 Å². The third-order valence-electron chi connectivity index (χ3n) is 2.45. The topological polar surface area (TPSA) is 30.5 Å². The van der Waals surface area contributed by atoms with Crippen molar-refractivity contribution in [3.63, 3.8) is 0 Å². The molecule has 3 heteroatoms. The normalized spacial score (nSPS) is 10.3. The summed E-state index contributed by atoms with van der Waals surface area (Å²) in [5.41, 5.74) is 1.25. The van der Waals surface area contributed by atoms with Crippen molar-refractivity contribution in [1.29, 1.82) is 0 Å². The Morgan fingerprint density at radius 1 is 1.22 bits per heavy atom. The standard InChI is InChI=1S/C15H23NO2/c1-3-5-11-17-12-10-16-13-14-6-8-15(9-7-14)18-4-2/h3,6-9,16H,1,4-5,10-13H2,2H3. The van der Waals surface area contributed by atoms with Crippen molar-refractivity contribution in [1.82, 2.24) is 5.32 Å². The molecule has 18 heavy (non-hydrogen) atoms. The Kier molecular flexibility index (Phi) is 7.93. The molecule has 0 saturated carbocycles. The molecular formula is C15H23NO2. The lowest BCUT2D eigenvalue weighted by Gasteiger charge is -2.07. The lowest BCUT2D eigenvalue weighted by molar-refractivity contribution is 0.140. The summed E-state index contributed by atoms with van der Waals surface area (Å²) in [4.78, 5) is 0. The van der Waals surface area contributed by atoms with E-state index in [9.17, 15) is 0 Å². The SMILES string of the molecule is C=CCCOCCNCc1ccc(OCC)cc1. The summed E-state index contributed by atoms with van der Waals surface area (Å²) in [5.74, 6) is 0.925. The van der Waals surface area contributed by atoms with E-state index in [1.807, 2.05) is 25.1 Å². The second-order valence-electron chi connectivity index (χ2n) is 3.94. The molecule has 1 aromatic carbocycles. The Hall–Kier alpha value is -1.32. The highest BCUT2D eigenvalue weighted by Gasteiger charge is 1.95. The van der Waals surface area contributed by atoms with Gasteiger partial charge in [-0.3, -0.25) is 0 Å². The van der Waals surface area contributed by atoms with E-state index in [1.54, 1.807) is 0 Å². The highest BCUT2D eigenvalue weighted by Crippen LogP contribution is 2.11. The van der Waals surface area contributed by atoms with Crippen molar-refractivity contribution < 1.29 is 9.47 Å². The third kappa shape index (κ3) is 6.42. The van der Waals surface area contributed by atoms with Crippen LogP contribution >= 0.6 is 0 Å². The van der Waals surface area contributed by atoms with E-state index in [4.69, 9.17) is 9.47 Å². The zero-order valence-corrected chi connectivity index (χ0v) is 11.2. The Morgan fingerprint density at radius 3 is 2.67 bits per heavy atom. The molecule has 0 aliphatic heterocycles. The maximum Gasteiger partial charge on any atom is 0.119 e. The van der Waals surface area contributed by atoms with Gasteiger partial charge in [0.2, 0.25) is 0 Å². The first-order valence-electron chi connectivity index (χ1n) is 6.48. The van der Waals surface area contributed by atoms with E-state index in [0.717, 1.165) is 38.5 Å². The highest BCUT2D eigenvalue weighted by molar-refractivity contribution is 5.27. The van der Waals surface area contributed by atoms with E-state index < -0.39 is 0 Å². The van der Waals surface area contributed by atoms with Gasteiger partial charge in [0.15, 0.2) is 0 Å². The Morgan fingerprint density at radius 2 is 2.00 bits per heavy atom. The summed E-state index contributed by atoms with van der Waals surface area (Å²) in [6.07, 6.45) is 2.78. The Balaban J connectivity index is 2.09. The number of ether oxygens (including phenoxy) is 2. The molecule has 0 amide bonds. The molecule has 0 unspecified atom stereocenters. The minimum absolute atomic E-state index is 0.708. The molecule has 0 heterocycles. The molecular weight excluding hydrogens is 226 g/mol. The largest absolute Gasteiger partial charge is 0.494 e. The van der Waals surface area contributed by atoms with Crippen LogP contribution in [0.4, 0.5) is 0 Å². The second kappa shape index (κ2) is 9.68. The van der Waals surface area contributed by atoms with Crippen molar-refractivity contribution in [3.8, 4) is 5.75 Å².